The average molecular weight is 454 g/mol. The van der Waals surface area contributed by atoms with Crippen molar-refractivity contribution in [3.63, 3.8) is 0 Å². The number of pyridine rings is 1. The molecule has 2 amide bonds. The first-order valence-electron chi connectivity index (χ1n) is 11.3. The third kappa shape index (κ3) is 4.20. The number of rotatable bonds is 3. The summed E-state index contributed by atoms with van der Waals surface area (Å²) in [5, 5.41) is 12.4. The van der Waals surface area contributed by atoms with E-state index in [9.17, 15) is 23.1 Å². The van der Waals surface area contributed by atoms with Gasteiger partial charge in [-0.3, -0.25) is 10.3 Å². The molecule has 1 aromatic rings. The van der Waals surface area contributed by atoms with Crippen LogP contribution in [0.2, 0.25) is 0 Å². The maximum Gasteiger partial charge on any atom is 0.417 e. The van der Waals surface area contributed by atoms with E-state index in [2.05, 4.69) is 10.3 Å². The van der Waals surface area contributed by atoms with Crippen molar-refractivity contribution in [3.05, 3.63) is 29.6 Å². The fraction of sp³-hybridized carbons (Fsp3) is 0.727. The average Bonchev–Trinajstić information content (AvgIpc) is 3.11. The Labute approximate surface area is 184 Å². The lowest BCUT2D eigenvalue weighted by Gasteiger charge is -2.56. The minimum absolute atomic E-state index is 0.0694. The van der Waals surface area contributed by atoms with Crippen LogP contribution >= 0.6 is 0 Å². The first-order valence-corrected chi connectivity index (χ1v) is 11.3. The Morgan fingerprint density at radius 2 is 1.88 bits per heavy atom. The van der Waals surface area contributed by atoms with Crippen molar-refractivity contribution in [2.45, 2.75) is 56.7 Å². The second-order valence-corrected chi connectivity index (χ2v) is 10.1. The van der Waals surface area contributed by atoms with Crippen LogP contribution in [0.15, 0.2) is 18.3 Å². The highest BCUT2D eigenvalue weighted by atomic mass is 19.4. The van der Waals surface area contributed by atoms with E-state index in [4.69, 9.17) is 4.74 Å². The molecule has 176 valence electrons. The van der Waals surface area contributed by atoms with Gasteiger partial charge in [0.2, 0.25) is 6.41 Å². The highest BCUT2D eigenvalue weighted by molar-refractivity contribution is 5.77. The van der Waals surface area contributed by atoms with Crippen molar-refractivity contribution >= 4 is 6.03 Å². The first-order chi connectivity index (χ1) is 15.2. The molecule has 5 rings (SSSR count). The molecule has 2 spiro atoms. The lowest BCUT2D eigenvalue weighted by molar-refractivity contribution is -0.137. The van der Waals surface area contributed by atoms with Gasteiger partial charge >= 0.3 is 12.2 Å². The number of halogens is 3. The van der Waals surface area contributed by atoms with Crippen LogP contribution in [0, 0.1) is 11.3 Å². The predicted molar refractivity (Wildman–Crippen MR) is 108 cm³/mol. The van der Waals surface area contributed by atoms with E-state index in [1.807, 2.05) is 9.80 Å². The number of aliphatic hydroxyl groups excluding tert-OH is 1. The van der Waals surface area contributed by atoms with E-state index in [-0.39, 0.29) is 17.0 Å². The summed E-state index contributed by atoms with van der Waals surface area (Å²) in [4.78, 5) is 20.4. The standard InChI is InChI=1S/C22H29F3N4O3/c23-22(24,25)16-2-4-17(26-9-16)3-1-15-5-7-20(8-6-15)10-28(11-20)19(31)29-12-21(13-29)14-32-18(30)27-21/h2,4,9,15,18,27,30H,1,3,5-8,10-14H2. The summed E-state index contributed by atoms with van der Waals surface area (Å²) >= 11 is 0. The Bertz CT molecular complexity index is 841. The van der Waals surface area contributed by atoms with Crippen LogP contribution in [-0.2, 0) is 17.3 Å². The SMILES string of the molecule is O=C(N1CC2(CCC(CCc3ccc(C(F)(F)F)cn3)CC2)C1)N1CC2(COC(O)N2)C1. The van der Waals surface area contributed by atoms with Gasteiger partial charge in [-0.2, -0.15) is 13.2 Å². The van der Waals surface area contributed by atoms with Crippen LogP contribution in [0.3, 0.4) is 0 Å². The summed E-state index contributed by atoms with van der Waals surface area (Å²) in [6.07, 6.45) is 1.64. The summed E-state index contributed by atoms with van der Waals surface area (Å²) < 4.78 is 43.1. The van der Waals surface area contributed by atoms with Crippen molar-refractivity contribution in [2.75, 3.05) is 32.8 Å². The zero-order valence-electron chi connectivity index (χ0n) is 17.9. The third-order valence-electron chi connectivity index (χ3n) is 7.65. The number of amides is 2. The van der Waals surface area contributed by atoms with E-state index in [0.717, 1.165) is 57.5 Å². The number of nitrogens with zero attached hydrogens (tertiary/aromatic N) is 3. The predicted octanol–water partition coefficient (Wildman–Crippen LogP) is 2.60. The monoisotopic (exact) mass is 454 g/mol. The lowest BCUT2D eigenvalue weighted by atomic mass is 9.65. The summed E-state index contributed by atoms with van der Waals surface area (Å²) in [6.45, 7) is 3.15. The third-order valence-corrected chi connectivity index (χ3v) is 7.65. The summed E-state index contributed by atoms with van der Waals surface area (Å²) in [6, 6.07) is 2.66. The number of carbonyl (C=O) groups is 1. The van der Waals surface area contributed by atoms with Gasteiger partial charge < -0.3 is 19.6 Å². The number of aromatic nitrogens is 1. The van der Waals surface area contributed by atoms with Gasteiger partial charge in [0, 0.05) is 43.5 Å². The van der Waals surface area contributed by atoms with Gasteiger partial charge in [-0.05, 0) is 56.6 Å². The quantitative estimate of drug-likeness (QED) is 0.734. The molecule has 10 heteroatoms. The summed E-state index contributed by atoms with van der Waals surface area (Å²) in [5.74, 6) is 0.560. The molecule has 4 fully saturated rings. The maximum atomic E-state index is 12.7. The number of hydrogen-bond acceptors (Lipinski definition) is 5. The second-order valence-electron chi connectivity index (χ2n) is 10.1. The van der Waals surface area contributed by atoms with Crippen LogP contribution < -0.4 is 5.32 Å². The van der Waals surface area contributed by atoms with Gasteiger partial charge in [0.25, 0.3) is 0 Å². The molecule has 1 aliphatic carbocycles. The molecule has 1 saturated carbocycles. The van der Waals surface area contributed by atoms with Crippen molar-refractivity contribution in [2.24, 2.45) is 11.3 Å². The number of hydrogen-bond donors (Lipinski definition) is 2. The number of ether oxygens (including phenoxy) is 1. The van der Waals surface area contributed by atoms with E-state index >= 15 is 0 Å². The van der Waals surface area contributed by atoms with Gasteiger partial charge in [-0.1, -0.05) is 0 Å². The molecule has 3 aliphatic heterocycles. The van der Waals surface area contributed by atoms with Crippen molar-refractivity contribution in [3.8, 4) is 0 Å². The van der Waals surface area contributed by atoms with Crippen molar-refractivity contribution < 1.29 is 27.8 Å². The number of aryl methyl sites for hydroxylation is 1. The van der Waals surface area contributed by atoms with Gasteiger partial charge in [-0.25, -0.2) is 4.79 Å². The van der Waals surface area contributed by atoms with Gasteiger partial charge in [0.15, 0.2) is 0 Å². The maximum absolute atomic E-state index is 12.7. The highest BCUT2D eigenvalue weighted by Gasteiger charge is 2.54. The summed E-state index contributed by atoms with van der Waals surface area (Å²) in [7, 11) is 0. The number of alkyl halides is 3. The van der Waals surface area contributed by atoms with Crippen LogP contribution in [0.25, 0.3) is 0 Å². The molecule has 3 saturated heterocycles. The Kier molecular flexibility index (Phi) is 5.37. The minimum atomic E-state index is -4.34. The van der Waals surface area contributed by atoms with Gasteiger partial charge in [0.1, 0.15) is 0 Å². The number of nitrogens with one attached hydrogen (secondary N) is 1. The number of carbonyl (C=O) groups excluding carboxylic acids is 1. The smallest absolute Gasteiger partial charge is 0.356 e. The Morgan fingerprint density at radius 1 is 1.19 bits per heavy atom. The zero-order chi connectivity index (χ0) is 22.6. The van der Waals surface area contributed by atoms with Crippen LogP contribution in [0.4, 0.5) is 18.0 Å². The Hall–Kier alpha value is -1.91. The normalized spacial score (nSPS) is 26.9. The first kappa shape index (κ1) is 21.9. The van der Waals surface area contributed by atoms with E-state index in [1.165, 1.54) is 6.07 Å². The molecule has 4 heterocycles. The molecule has 32 heavy (non-hydrogen) atoms. The number of likely N-dealkylation sites (tertiary alicyclic amines) is 2. The molecule has 0 aromatic carbocycles. The largest absolute Gasteiger partial charge is 0.417 e. The van der Waals surface area contributed by atoms with Crippen LogP contribution in [-0.4, -0.2) is 70.7 Å². The minimum Gasteiger partial charge on any atom is -0.356 e. The Morgan fingerprint density at radius 3 is 2.44 bits per heavy atom. The zero-order valence-corrected chi connectivity index (χ0v) is 17.9. The second kappa shape index (κ2) is 7.85. The molecule has 0 radical (unpaired) electrons. The van der Waals surface area contributed by atoms with Crippen LogP contribution in [0.1, 0.15) is 43.4 Å². The van der Waals surface area contributed by atoms with E-state index < -0.39 is 18.2 Å². The van der Waals surface area contributed by atoms with E-state index in [0.29, 0.717) is 37.7 Å². The fourth-order valence-electron chi connectivity index (χ4n) is 5.67. The molecule has 1 aromatic heterocycles. The topological polar surface area (TPSA) is 77.9 Å². The molecule has 4 aliphatic rings. The molecule has 2 N–H and O–H groups in total. The Balaban J connectivity index is 1.03. The summed E-state index contributed by atoms with van der Waals surface area (Å²) in [5.41, 5.74) is -0.0615. The lowest BCUT2D eigenvalue weighted by Crippen LogP contribution is -2.73. The highest BCUT2D eigenvalue weighted by Crippen LogP contribution is 2.47. The van der Waals surface area contributed by atoms with Crippen molar-refractivity contribution in [1.29, 1.82) is 0 Å². The van der Waals surface area contributed by atoms with Crippen molar-refractivity contribution in [1.82, 2.24) is 20.1 Å². The molecular weight excluding hydrogens is 425 g/mol. The molecule has 0 bridgehead atoms. The van der Waals surface area contributed by atoms with Gasteiger partial charge in [0.05, 0.1) is 17.7 Å². The number of urea groups is 1. The molecule has 7 nitrogen and oxygen atoms in total. The molecule has 1 atom stereocenters. The van der Waals surface area contributed by atoms with Gasteiger partial charge in [-0.15, -0.1) is 0 Å². The fourth-order valence-corrected chi connectivity index (χ4v) is 5.67. The van der Waals surface area contributed by atoms with E-state index in [1.54, 1.807) is 0 Å². The number of aliphatic hydroxyl groups is 1. The molecular formula is C22H29F3N4O3. The van der Waals surface area contributed by atoms with Crippen LogP contribution in [0.5, 0.6) is 0 Å². The molecule has 1 unspecified atom stereocenters.